The average Bonchev–Trinajstić information content (AvgIpc) is 2.79. The van der Waals surface area contributed by atoms with Gasteiger partial charge in [0.1, 0.15) is 11.6 Å². The van der Waals surface area contributed by atoms with Crippen LogP contribution in [0, 0.1) is 5.82 Å². The van der Waals surface area contributed by atoms with E-state index in [2.05, 4.69) is 0 Å². The molecule has 1 saturated carbocycles. The molecule has 0 atom stereocenters. The predicted octanol–water partition coefficient (Wildman–Crippen LogP) is 7.28. The molecule has 3 aromatic carbocycles. The number of alkyl halides is 3. The minimum absolute atomic E-state index is 0.130. The maximum atomic E-state index is 14.2. The van der Waals surface area contributed by atoms with E-state index in [9.17, 15) is 22.4 Å². The Hall–Kier alpha value is -2.93. The first kappa shape index (κ1) is 23.2. The molecular formula is C26H24F4O3. The molecule has 3 aromatic rings. The first-order valence-electron chi connectivity index (χ1n) is 11.0. The van der Waals surface area contributed by atoms with Gasteiger partial charge in [0, 0.05) is 12.0 Å². The van der Waals surface area contributed by atoms with Crippen LogP contribution in [0.5, 0.6) is 5.75 Å². The molecule has 4 rings (SSSR count). The van der Waals surface area contributed by atoms with Gasteiger partial charge in [0.25, 0.3) is 0 Å². The molecule has 0 heterocycles. The smallest absolute Gasteiger partial charge is 0.419 e. The van der Waals surface area contributed by atoms with Crippen molar-refractivity contribution in [3.63, 3.8) is 0 Å². The van der Waals surface area contributed by atoms with Crippen LogP contribution in [-0.2, 0) is 10.9 Å². The van der Waals surface area contributed by atoms with Crippen LogP contribution in [0.2, 0.25) is 0 Å². The van der Waals surface area contributed by atoms with Gasteiger partial charge in [-0.1, -0.05) is 18.2 Å². The molecule has 1 aliphatic carbocycles. The van der Waals surface area contributed by atoms with Crippen molar-refractivity contribution in [3.8, 4) is 5.75 Å². The van der Waals surface area contributed by atoms with Gasteiger partial charge >= 0.3 is 12.1 Å². The van der Waals surface area contributed by atoms with Gasteiger partial charge in [0.15, 0.2) is 0 Å². The monoisotopic (exact) mass is 460 g/mol. The molecular weight excluding hydrogens is 436 g/mol. The Kier molecular flexibility index (Phi) is 6.70. The zero-order valence-electron chi connectivity index (χ0n) is 18.1. The molecule has 0 radical (unpaired) electrons. The molecule has 0 aliphatic heterocycles. The third-order valence-corrected chi connectivity index (χ3v) is 6.14. The molecule has 3 nitrogen and oxygen atoms in total. The normalized spacial score (nSPS) is 18.9. The number of fused-ring (bicyclic) bond motifs is 1. The largest absolute Gasteiger partial charge is 0.423 e. The standard InChI is InChI=1S/C26H24F4O3/c1-2-32-20-10-7-17(8-11-20)16-3-5-18(6-4-16)25(31)33-21-12-13-22-19(15-21)9-14-23(24(22)27)26(28,29)30/h3-6,9,12-15,17,20H,2,7-8,10-11H2,1H3. The Bertz CT molecular complexity index is 1130. The third kappa shape index (κ3) is 5.19. The minimum atomic E-state index is -4.78. The molecule has 1 aliphatic rings. The Balaban J connectivity index is 1.44. The molecule has 174 valence electrons. The van der Waals surface area contributed by atoms with Gasteiger partial charge in [-0.15, -0.1) is 0 Å². The van der Waals surface area contributed by atoms with Crippen LogP contribution in [0.1, 0.15) is 60.0 Å². The fourth-order valence-corrected chi connectivity index (χ4v) is 4.41. The van der Waals surface area contributed by atoms with E-state index in [1.165, 1.54) is 23.8 Å². The highest BCUT2D eigenvalue weighted by Gasteiger charge is 2.34. The number of rotatable bonds is 5. The predicted molar refractivity (Wildman–Crippen MR) is 117 cm³/mol. The van der Waals surface area contributed by atoms with E-state index >= 15 is 0 Å². The van der Waals surface area contributed by atoms with Crippen molar-refractivity contribution in [2.75, 3.05) is 6.61 Å². The fourth-order valence-electron chi connectivity index (χ4n) is 4.41. The van der Waals surface area contributed by atoms with E-state index in [0.29, 0.717) is 23.7 Å². The lowest BCUT2D eigenvalue weighted by Gasteiger charge is -2.28. The van der Waals surface area contributed by atoms with Crippen molar-refractivity contribution in [2.45, 2.75) is 50.8 Å². The lowest BCUT2D eigenvalue weighted by atomic mass is 9.82. The summed E-state index contributed by atoms with van der Waals surface area (Å²) in [5.41, 5.74) is 0.204. The highest BCUT2D eigenvalue weighted by atomic mass is 19.4. The van der Waals surface area contributed by atoms with E-state index in [-0.39, 0.29) is 16.5 Å². The number of halogens is 4. The van der Waals surface area contributed by atoms with Crippen LogP contribution in [0.4, 0.5) is 17.6 Å². The van der Waals surface area contributed by atoms with Gasteiger partial charge in [0.2, 0.25) is 0 Å². The van der Waals surface area contributed by atoms with Crippen LogP contribution in [0.3, 0.4) is 0 Å². The molecule has 0 N–H and O–H groups in total. The zero-order valence-corrected chi connectivity index (χ0v) is 18.1. The average molecular weight is 460 g/mol. The number of hydrogen-bond acceptors (Lipinski definition) is 3. The van der Waals surface area contributed by atoms with Crippen molar-refractivity contribution in [2.24, 2.45) is 0 Å². The van der Waals surface area contributed by atoms with Gasteiger partial charge in [-0.05, 0) is 85.9 Å². The van der Waals surface area contributed by atoms with Crippen LogP contribution in [0.25, 0.3) is 10.8 Å². The van der Waals surface area contributed by atoms with Gasteiger partial charge < -0.3 is 9.47 Å². The third-order valence-electron chi connectivity index (χ3n) is 6.14. The van der Waals surface area contributed by atoms with Crippen LogP contribution in [-0.4, -0.2) is 18.7 Å². The summed E-state index contributed by atoms with van der Waals surface area (Å²) in [6, 6.07) is 12.9. The number of ether oxygens (including phenoxy) is 2. The summed E-state index contributed by atoms with van der Waals surface area (Å²) in [5, 5.41) is 0.0248. The van der Waals surface area contributed by atoms with Crippen molar-refractivity contribution < 1.29 is 31.8 Å². The van der Waals surface area contributed by atoms with Crippen molar-refractivity contribution in [1.82, 2.24) is 0 Å². The highest BCUT2D eigenvalue weighted by Crippen LogP contribution is 2.36. The minimum Gasteiger partial charge on any atom is -0.423 e. The molecule has 1 fully saturated rings. The Morgan fingerprint density at radius 1 is 0.970 bits per heavy atom. The van der Waals surface area contributed by atoms with E-state index in [1.807, 2.05) is 19.1 Å². The van der Waals surface area contributed by atoms with Gasteiger partial charge in [0.05, 0.1) is 17.2 Å². The summed E-state index contributed by atoms with van der Waals surface area (Å²) in [6.45, 7) is 2.73. The van der Waals surface area contributed by atoms with Crippen molar-refractivity contribution >= 4 is 16.7 Å². The summed E-state index contributed by atoms with van der Waals surface area (Å²) in [7, 11) is 0. The highest BCUT2D eigenvalue weighted by molar-refractivity contribution is 5.92. The number of esters is 1. The molecule has 33 heavy (non-hydrogen) atoms. The maximum Gasteiger partial charge on any atom is 0.419 e. The van der Waals surface area contributed by atoms with Gasteiger partial charge in [-0.25, -0.2) is 9.18 Å². The molecule has 0 unspecified atom stereocenters. The molecule has 7 heteroatoms. The number of benzene rings is 3. The maximum absolute atomic E-state index is 14.2. The first-order valence-corrected chi connectivity index (χ1v) is 11.0. The second kappa shape index (κ2) is 9.51. The number of hydrogen-bond donors (Lipinski definition) is 0. The van der Waals surface area contributed by atoms with Crippen LogP contribution >= 0.6 is 0 Å². The van der Waals surface area contributed by atoms with Crippen LogP contribution in [0.15, 0.2) is 54.6 Å². The van der Waals surface area contributed by atoms with E-state index in [1.54, 1.807) is 12.1 Å². The van der Waals surface area contributed by atoms with Crippen molar-refractivity contribution in [1.29, 1.82) is 0 Å². The topological polar surface area (TPSA) is 35.5 Å². The summed E-state index contributed by atoms with van der Waals surface area (Å²) >= 11 is 0. The van der Waals surface area contributed by atoms with E-state index < -0.39 is 23.5 Å². The quantitative estimate of drug-likeness (QED) is 0.228. The van der Waals surface area contributed by atoms with Crippen LogP contribution < -0.4 is 4.74 Å². The first-order chi connectivity index (χ1) is 15.8. The molecule has 0 spiro atoms. The second-order valence-corrected chi connectivity index (χ2v) is 8.25. The Morgan fingerprint density at radius 3 is 2.30 bits per heavy atom. The zero-order chi connectivity index (χ0) is 23.6. The van der Waals surface area contributed by atoms with Gasteiger partial charge in [-0.3, -0.25) is 0 Å². The van der Waals surface area contributed by atoms with Crippen molar-refractivity contribution in [3.05, 3.63) is 77.1 Å². The molecule has 0 amide bonds. The van der Waals surface area contributed by atoms with E-state index in [4.69, 9.17) is 9.47 Å². The molecule has 0 bridgehead atoms. The summed E-state index contributed by atoms with van der Waals surface area (Å²) in [5.74, 6) is -1.37. The second-order valence-electron chi connectivity index (χ2n) is 8.25. The Labute approximate surface area is 189 Å². The summed E-state index contributed by atoms with van der Waals surface area (Å²) in [6.07, 6.45) is -0.324. The SMILES string of the molecule is CCOC1CCC(c2ccc(C(=O)Oc3ccc4c(F)c(C(F)(F)F)ccc4c3)cc2)CC1. The van der Waals surface area contributed by atoms with Gasteiger partial charge in [-0.2, -0.15) is 13.2 Å². The fraction of sp³-hybridized carbons (Fsp3) is 0.346. The molecule has 0 aromatic heterocycles. The summed E-state index contributed by atoms with van der Waals surface area (Å²) < 4.78 is 64.0. The number of carbonyl (C=O) groups is 1. The van der Waals surface area contributed by atoms with E-state index in [0.717, 1.165) is 38.4 Å². The lowest BCUT2D eigenvalue weighted by molar-refractivity contribution is -0.139. The number of carbonyl (C=O) groups excluding carboxylic acids is 1. The lowest BCUT2D eigenvalue weighted by Crippen LogP contribution is -2.20. The summed E-state index contributed by atoms with van der Waals surface area (Å²) in [4.78, 5) is 12.5. The Morgan fingerprint density at radius 2 is 1.67 bits per heavy atom. The molecule has 0 saturated heterocycles.